The second-order valence-corrected chi connectivity index (χ2v) is 6.25. The number of halogens is 1. The Labute approximate surface area is 158 Å². The molecule has 1 aliphatic rings. The van der Waals surface area contributed by atoms with Crippen molar-refractivity contribution in [1.82, 2.24) is 0 Å². The molecule has 0 aromatic heterocycles. The highest BCUT2D eigenvalue weighted by Gasteiger charge is 2.51. The Balaban J connectivity index is 2.30. The maximum Gasteiger partial charge on any atom is 0.338 e. The fraction of sp³-hybridized carbons (Fsp3) is 0.471. The Morgan fingerprint density at radius 3 is 2.12 bits per heavy atom. The molecule has 1 saturated heterocycles. The van der Waals surface area contributed by atoms with Gasteiger partial charge in [-0.2, -0.15) is 0 Å². The molecule has 1 aliphatic heterocycles. The van der Waals surface area contributed by atoms with E-state index in [4.69, 9.17) is 18.9 Å². The fourth-order valence-corrected chi connectivity index (χ4v) is 3.09. The van der Waals surface area contributed by atoms with Crippen molar-refractivity contribution in [3.8, 4) is 0 Å². The maximum absolute atomic E-state index is 12.4. The van der Waals surface area contributed by atoms with Crippen molar-refractivity contribution < 1.29 is 38.4 Å². The van der Waals surface area contributed by atoms with E-state index in [0.29, 0.717) is 0 Å². The van der Waals surface area contributed by atoms with Gasteiger partial charge in [-0.3, -0.25) is 9.59 Å². The lowest BCUT2D eigenvalue weighted by Gasteiger charge is -2.42. The molecule has 1 fully saturated rings. The highest BCUT2D eigenvalue weighted by Crippen LogP contribution is 2.29. The summed E-state index contributed by atoms with van der Waals surface area (Å²) >= 11 is 3.21. The summed E-state index contributed by atoms with van der Waals surface area (Å²) in [5.74, 6) is -2.06. The monoisotopic (exact) mass is 430 g/mol. The zero-order chi connectivity index (χ0) is 19.3. The average Bonchev–Trinajstić information content (AvgIpc) is 2.60. The summed E-state index contributed by atoms with van der Waals surface area (Å²) in [5, 5.41) is 10.3. The number of rotatable bonds is 5. The van der Waals surface area contributed by atoms with Crippen molar-refractivity contribution in [2.24, 2.45) is 0 Å². The van der Waals surface area contributed by atoms with E-state index in [2.05, 4.69) is 15.9 Å². The lowest BCUT2D eigenvalue weighted by molar-refractivity contribution is -0.283. The Hall–Kier alpha value is -1.97. The molecule has 0 bridgehead atoms. The lowest BCUT2D eigenvalue weighted by Crippen LogP contribution is -2.61. The third kappa shape index (κ3) is 5.03. The van der Waals surface area contributed by atoms with Crippen molar-refractivity contribution in [3.05, 3.63) is 35.9 Å². The lowest BCUT2D eigenvalue weighted by atomic mass is 9.99. The van der Waals surface area contributed by atoms with Gasteiger partial charge in [-0.25, -0.2) is 4.79 Å². The van der Waals surface area contributed by atoms with Crippen LogP contribution in [0.3, 0.4) is 0 Å². The summed E-state index contributed by atoms with van der Waals surface area (Å²) in [4.78, 5) is 35.3. The molecule has 1 N–H and O–H groups in total. The molecule has 5 atom stereocenters. The Morgan fingerprint density at radius 2 is 1.58 bits per heavy atom. The summed E-state index contributed by atoms with van der Waals surface area (Å²) in [5.41, 5.74) is 0.289. The van der Waals surface area contributed by atoms with Crippen LogP contribution in [0.5, 0.6) is 0 Å². The quantitative estimate of drug-likeness (QED) is 0.421. The van der Waals surface area contributed by atoms with Crippen LogP contribution in [0.25, 0.3) is 0 Å². The van der Waals surface area contributed by atoms with Crippen molar-refractivity contribution >= 4 is 33.8 Å². The molecule has 0 radical (unpaired) electrons. The summed E-state index contributed by atoms with van der Waals surface area (Å²) in [6.07, 6.45) is -6.03. The number of carbonyl (C=O) groups is 3. The molecule has 9 heteroatoms. The molecule has 0 aliphatic carbocycles. The van der Waals surface area contributed by atoms with E-state index in [1.807, 2.05) is 0 Å². The normalized spacial score (nSPS) is 28.1. The van der Waals surface area contributed by atoms with E-state index >= 15 is 0 Å². The molecule has 26 heavy (non-hydrogen) atoms. The molecule has 0 amide bonds. The molecule has 1 aromatic carbocycles. The van der Waals surface area contributed by atoms with Crippen molar-refractivity contribution in [1.29, 1.82) is 0 Å². The third-order valence-corrected chi connectivity index (χ3v) is 4.26. The summed E-state index contributed by atoms with van der Waals surface area (Å²) < 4.78 is 21.1. The van der Waals surface area contributed by atoms with Gasteiger partial charge in [0, 0.05) is 19.2 Å². The molecule has 142 valence electrons. The molecule has 1 heterocycles. The third-order valence-electron chi connectivity index (χ3n) is 3.62. The number of ether oxygens (including phenoxy) is 4. The van der Waals surface area contributed by atoms with Crippen LogP contribution in [0, 0.1) is 0 Å². The number of hydrogen-bond donors (Lipinski definition) is 1. The highest BCUT2D eigenvalue weighted by atomic mass is 79.9. The first-order chi connectivity index (χ1) is 12.3. The first-order valence-corrected chi connectivity index (χ1v) is 8.95. The number of aliphatic hydroxyl groups is 1. The molecule has 0 saturated carbocycles. The molecular formula is C17H19BrO8. The van der Waals surface area contributed by atoms with Gasteiger partial charge in [0.25, 0.3) is 0 Å². The Kier molecular flexibility index (Phi) is 7.13. The topological polar surface area (TPSA) is 108 Å². The van der Waals surface area contributed by atoms with Gasteiger partial charge in [-0.1, -0.05) is 34.1 Å². The Bertz CT molecular complexity index is 649. The number of benzene rings is 1. The first-order valence-electron chi connectivity index (χ1n) is 7.83. The zero-order valence-electron chi connectivity index (χ0n) is 14.2. The maximum atomic E-state index is 12.4. The van der Waals surface area contributed by atoms with Crippen LogP contribution in [-0.2, 0) is 28.5 Å². The van der Waals surface area contributed by atoms with Gasteiger partial charge in [-0.15, -0.1) is 0 Å². The predicted octanol–water partition coefficient (Wildman–Crippen LogP) is 1.19. The van der Waals surface area contributed by atoms with E-state index in [0.717, 1.165) is 13.8 Å². The SMILES string of the molecule is CC(=O)O[C@H]1[C@@H](OC(C)=O)[C@@H](O)O[C@@H](CBr)[C@H]1OC(=O)c1ccccc1. The minimum Gasteiger partial charge on any atom is -0.454 e. The zero-order valence-corrected chi connectivity index (χ0v) is 15.7. The van der Waals surface area contributed by atoms with Gasteiger partial charge in [0.1, 0.15) is 6.10 Å². The summed E-state index contributed by atoms with van der Waals surface area (Å²) in [6, 6.07) is 8.22. The molecule has 0 unspecified atom stereocenters. The van der Waals surface area contributed by atoms with Gasteiger partial charge in [0.05, 0.1) is 5.56 Å². The summed E-state index contributed by atoms with van der Waals surface area (Å²) in [7, 11) is 0. The second-order valence-electron chi connectivity index (χ2n) is 5.60. The smallest absolute Gasteiger partial charge is 0.338 e. The van der Waals surface area contributed by atoms with Crippen LogP contribution in [-0.4, -0.2) is 59.1 Å². The van der Waals surface area contributed by atoms with Gasteiger partial charge in [0.2, 0.25) is 0 Å². The Morgan fingerprint density at radius 1 is 1.00 bits per heavy atom. The van der Waals surface area contributed by atoms with E-state index in [1.165, 1.54) is 0 Å². The largest absolute Gasteiger partial charge is 0.454 e. The standard InChI is InChI=1S/C17H19BrO8/c1-9(19)23-14-13(26-16(21)11-6-4-3-5-7-11)12(8-18)25-17(22)15(14)24-10(2)20/h3-7,12-15,17,22H,8H2,1-2H3/t12-,13+,14+,15+,17-/m0/s1. The van der Waals surface area contributed by atoms with Crippen LogP contribution in [0.2, 0.25) is 0 Å². The van der Waals surface area contributed by atoms with Gasteiger partial charge in [-0.05, 0) is 12.1 Å². The molecule has 1 aromatic rings. The van der Waals surface area contributed by atoms with E-state index < -0.39 is 48.6 Å². The molecular weight excluding hydrogens is 412 g/mol. The van der Waals surface area contributed by atoms with Crippen LogP contribution < -0.4 is 0 Å². The number of hydrogen-bond acceptors (Lipinski definition) is 8. The van der Waals surface area contributed by atoms with E-state index in [1.54, 1.807) is 30.3 Å². The minimum absolute atomic E-state index is 0.182. The first kappa shape index (κ1) is 20.3. The average molecular weight is 431 g/mol. The van der Waals surface area contributed by atoms with Crippen molar-refractivity contribution in [2.75, 3.05) is 5.33 Å². The molecule has 2 rings (SSSR count). The van der Waals surface area contributed by atoms with Crippen LogP contribution in [0.15, 0.2) is 30.3 Å². The predicted molar refractivity (Wildman–Crippen MR) is 91.4 cm³/mol. The molecule has 0 spiro atoms. The van der Waals surface area contributed by atoms with Gasteiger partial charge >= 0.3 is 17.9 Å². The number of carbonyl (C=O) groups excluding carboxylic acids is 3. The van der Waals surface area contributed by atoms with Gasteiger partial charge < -0.3 is 24.1 Å². The number of alkyl halides is 1. The van der Waals surface area contributed by atoms with Crippen LogP contribution in [0.1, 0.15) is 24.2 Å². The van der Waals surface area contributed by atoms with Crippen molar-refractivity contribution in [2.45, 2.75) is 44.6 Å². The van der Waals surface area contributed by atoms with Crippen LogP contribution >= 0.6 is 15.9 Å². The van der Waals surface area contributed by atoms with Crippen LogP contribution in [0.4, 0.5) is 0 Å². The van der Waals surface area contributed by atoms with E-state index in [-0.39, 0.29) is 10.9 Å². The van der Waals surface area contributed by atoms with Crippen molar-refractivity contribution in [3.63, 3.8) is 0 Å². The fourth-order valence-electron chi connectivity index (χ4n) is 2.57. The number of aliphatic hydroxyl groups excluding tert-OH is 1. The van der Waals surface area contributed by atoms with E-state index in [9.17, 15) is 19.5 Å². The van der Waals surface area contributed by atoms with Gasteiger partial charge in [0.15, 0.2) is 24.6 Å². The highest BCUT2D eigenvalue weighted by molar-refractivity contribution is 9.09. The number of esters is 3. The summed E-state index contributed by atoms with van der Waals surface area (Å²) in [6.45, 7) is 2.30. The minimum atomic E-state index is -1.54. The second kappa shape index (κ2) is 9.11. The molecule has 8 nitrogen and oxygen atoms in total.